The minimum atomic E-state index is 1.15. The zero-order valence-electron chi connectivity index (χ0n) is 6.57. The number of hydrogen-bond acceptors (Lipinski definition) is 0. The molecule has 0 atom stereocenters. The van der Waals surface area contributed by atoms with Gasteiger partial charge in [0.25, 0.3) is 0 Å². The van der Waals surface area contributed by atoms with Crippen LogP contribution in [-0.4, -0.2) is 0 Å². The first-order valence-corrected chi connectivity index (χ1v) is 3.42. The Morgan fingerprint density at radius 3 is 2.67 bits per heavy atom. The summed E-state index contributed by atoms with van der Waals surface area (Å²) in [4.78, 5) is 0. The van der Waals surface area contributed by atoms with E-state index in [1.165, 1.54) is 5.57 Å². The van der Waals surface area contributed by atoms with Crippen molar-refractivity contribution in [3.63, 3.8) is 0 Å². The lowest BCUT2D eigenvalue weighted by Crippen LogP contribution is -1.73. The van der Waals surface area contributed by atoms with Crippen LogP contribution in [-0.2, 0) is 0 Å². The van der Waals surface area contributed by atoms with Crippen LogP contribution in [0.2, 0.25) is 0 Å². The van der Waals surface area contributed by atoms with Crippen molar-refractivity contribution < 1.29 is 0 Å². The standard InChI is InChI=1S/C9H15/c1-4-6-7-8-9(3)5-2/h4,6H,7-8H2,1-3H3. The normalized spacial score (nSPS) is 13.0. The van der Waals surface area contributed by atoms with Crippen molar-refractivity contribution in [2.75, 3.05) is 0 Å². The van der Waals surface area contributed by atoms with E-state index in [0.29, 0.717) is 0 Å². The van der Waals surface area contributed by atoms with Crippen LogP contribution >= 0.6 is 0 Å². The molecule has 0 spiro atoms. The molecule has 0 amide bonds. The molecule has 0 aromatic heterocycles. The lowest BCUT2D eigenvalue weighted by atomic mass is 10.1. The van der Waals surface area contributed by atoms with E-state index >= 15 is 0 Å². The van der Waals surface area contributed by atoms with Gasteiger partial charge in [0.05, 0.1) is 0 Å². The molecule has 0 N–H and O–H groups in total. The Labute approximate surface area is 58.3 Å². The van der Waals surface area contributed by atoms with Gasteiger partial charge in [-0.15, -0.1) is 0 Å². The molecule has 0 aromatic carbocycles. The summed E-state index contributed by atoms with van der Waals surface area (Å²) in [5, 5.41) is 0. The van der Waals surface area contributed by atoms with Gasteiger partial charge >= 0.3 is 0 Å². The first kappa shape index (κ1) is 8.48. The molecular weight excluding hydrogens is 108 g/mol. The van der Waals surface area contributed by atoms with Gasteiger partial charge in [-0.2, -0.15) is 0 Å². The molecule has 0 saturated carbocycles. The minimum Gasteiger partial charge on any atom is -0.0917 e. The molecule has 0 aliphatic carbocycles. The Bertz CT molecular complexity index is 107. The minimum absolute atomic E-state index is 1.15. The molecule has 0 bridgehead atoms. The van der Waals surface area contributed by atoms with Crippen LogP contribution in [0.4, 0.5) is 0 Å². The summed E-state index contributed by atoms with van der Waals surface area (Å²) < 4.78 is 0. The summed E-state index contributed by atoms with van der Waals surface area (Å²) in [6, 6.07) is 0. The van der Waals surface area contributed by atoms with Gasteiger partial charge in [0.2, 0.25) is 0 Å². The molecule has 1 radical (unpaired) electrons. The third-order valence-corrected chi connectivity index (χ3v) is 1.35. The Balaban J connectivity index is 3.28. The second kappa shape index (κ2) is 5.61. The molecule has 0 heteroatoms. The lowest BCUT2D eigenvalue weighted by molar-refractivity contribution is 0.966. The van der Waals surface area contributed by atoms with E-state index in [9.17, 15) is 0 Å². The van der Waals surface area contributed by atoms with Gasteiger partial charge in [0.1, 0.15) is 0 Å². The average molecular weight is 123 g/mol. The van der Waals surface area contributed by atoms with Gasteiger partial charge in [-0.1, -0.05) is 17.7 Å². The third kappa shape index (κ3) is 5.35. The van der Waals surface area contributed by atoms with Crippen molar-refractivity contribution >= 4 is 0 Å². The van der Waals surface area contributed by atoms with Gasteiger partial charge < -0.3 is 0 Å². The van der Waals surface area contributed by atoms with E-state index < -0.39 is 0 Å². The second-order valence-electron chi connectivity index (χ2n) is 2.14. The summed E-state index contributed by atoms with van der Waals surface area (Å²) in [5.41, 5.74) is 1.35. The zero-order chi connectivity index (χ0) is 7.11. The summed E-state index contributed by atoms with van der Waals surface area (Å²) >= 11 is 0. The summed E-state index contributed by atoms with van der Waals surface area (Å²) in [6.45, 7) is 6.13. The van der Waals surface area contributed by atoms with E-state index in [-0.39, 0.29) is 0 Å². The lowest BCUT2D eigenvalue weighted by Gasteiger charge is -1.92. The Kier molecular flexibility index (Phi) is 5.29. The molecule has 0 aliphatic rings. The molecular formula is C9H15. The largest absolute Gasteiger partial charge is 0.0917 e. The molecule has 0 fully saturated rings. The number of allylic oxidation sites excluding steroid dienone is 4. The molecule has 9 heavy (non-hydrogen) atoms. The molecule has 0 unspecified atom stereocenters. The highest BCUT2D eigenvalue weighted by Crippen LogP contribution is 2.02. The monoisotopic (exact) mass is 123 g/mol. The van der Waals surface area contributed by atoms with Crippen LogP contribution in [0.25, 0.3) is 0 Å². The maximum atomic E-state index is 3.11. The van der Waals surface area contributed by atoms with Gasteiger partial charge in [0, 0.05) is 0 Å². The summed E-state index contributed by atoms with van der Waals surface area (Å²) in [5.74, 6) is 0. The van der Waals surface area contributed by atoms with E-state index in [0.717, 1.165) is 12.8 Å². The zero-order valence-corrected chi connectivity index (χ0v) is 6.57. The number of rotatable bonds is 3. The maximum absolute atomic E-state index is 3.11. The molecule has 0 aromatic rings. The van der Waals surface area contributed by atoms with E-state index in [4.69, 9.17) is 0 Å². The van der Waals surface area contributed by atoms with Crippen molar-refractivity contribution in [3.8, 4) is 0 Å². The second-order valence-corrected chi connectivity index (χ2v) is 2.14. The van der Waals surface area contributed by atoms with Crippen LogP contribution in [0.15, 0.2) is 17.7 Å². The van der Waals surface area contributed by atoms with E-state index in [1.54, 1.807) is 0 Å². The number of hydrogen-bond donors (Lipinski definition) is 0. The summed E-state index contributed by atoms with van der Waals surface area (Å²) in [6.07, 6.45) is 9.68. The fourth-order valence-electron chi connectivity index (χ4n) is 0.592. The van der Waals surface area contributed by atoms with Crippen molar-refractivity contribution in [2.45, 2.75) is 33.6 Å². The van der Waals surface area contributed by atoms with Crippen LogP contribution in [0.5, 0.6) is 0 Å². The van der Waals surface area contributed by atoms with E-state index in [1.807, 2.05) is 6.92 Å². The van der Waals surface area contributed by atoms with Crippen LogP contribution in [0.3, 0.4) is 0 Å². The van der Waals surface area contributed by atoms with E-state index in [2.05, 4.69) is 32.1 Å². The van der Waals surface area contributed by atoms with Crippen LogP contribution in [0.1, 0.15) is 33.6 Å². The van der Waals surface area contributed by atoms with Gasteiger partial charge in [-0.25, -0.2) is 0 Å². The van der Waals surface area contributed by atoms with Gasteiger partial charge in [-0.05, 0) is 39.7 Å². The molecule has 0 aliphatic heterocycles. The molecule has 0 saturated heterocycles. The fourth-order valence-corrected chi connectivity index (χ4v) is 0.592. The van der Waals surface area contributed by atoms with Crippen LogP contribution < -0.4 is 0 Å². The SMILES string of the molecule is C/[C]=C(\C)CCC=CC. The quantitative estimate of drug-likeness (QED) is 0.506. The van der Waals surface area contributed by atoms with Crippen molar-refractivity contribution in [2.24, 2.45) is 0 Å². The third-order valence-electron chi connectivity index (χ3n) is 1.35. The van der Waals surface area contributed by atoms with Crippen LogP contribution in [0, 0.1) is 6.08 Å². The van der Waals surface area contributed by atoms with Crippen molar-refractivity contribution in [1.29, 1.82) is 0 Å². The highest BCUT2D eigenvalue weighted by molar-refractivity contribution is 4.93. The topological polar surface area (TPSA) is 0 Å². The van der Waals surface area contributed by atoms with Crippen molar-refractivity contribution in [1.82, 2.24) is 0 Å². The van der Waals surface area contributed by atoms with Crippen molar-refractivity contribution in [3.05, 3.63) is 23.8 Å². The first-order valence-electron chi connectivity index (χ1n) is 3.42. The molecule has 51 valence electrons. The highest BCUT2D eigenvalue weighted by atomic mass is 13.9. The Morgan fingerprint density at radius 2 is 2.22 bits per heavy atom. The Morgan fingerprint density at radius 1 is 1.56 bits per heavy atom. The Hall–Kier alpha value is -0.520. The molecule has 0 nitrogen and oxygen atoms in total. The maximum Gasteiger partial charge on any atom is -0.0283 e. The van der Waals surface area contributed by atoms with Gasteiger partial charge in [0.15, 0.2) is 0 Å². The first-order chi connectivity index (χ1) is 4.31. The summed E-state index contributed by atoms with van der Waals surface area (Å²) in [7, 11) is 0. The molecule has 0 rings (SSSR count). The van der Waals surface area contributed by atoms with Gasteiger partial charge in [-0.3, -0.25) is 0 Å². The molecule has 0 heterocycles. The fraction of sp³-hybridized carbons (Fsp3) is 0.556. The smallest absolute Gasteiger partial charge is 0.0283 e. The predicted octanol–water partition coefficient (Wildman–Crippen LogP) is 3.11. The average Bonchev–Trinajstić information content (AvgIpc) is 1.89. The predicted molar refractivity (Wildman–Crippen MR) is 42.2 cm³/mol. The highest BCUT2D eigenvalue weighted by Gasteiger charge is 1.83.